The van der Waals surface area contributed by atoms with E-state index >= 15 is 0 Å². The van der Waals surface area contributed by atoms with Crippen LogP contribution in [0.2, 0.25) is 0 Å². The van der Waals surface area contributed by atoms with Gasteiger partial charge < -0.3 is 14.6 Å². The van der Waals surface area contributed by atoms with E-state index in [1.165, 1.54) is 44.9 Å². The fourth-order valence-electron chi connectivity index (χ4n) is 8.20. The molecule has 8 atom stereocenters. The summed E-state index contributed by atoms with van der Waals surface area (Å²) in [6.45, 7) is 8.55. The summed E-state index contributed by atoms with van der Waals surface area (Å²) in [5, 5.41) is 11.2. The minimum absolute atomic E-state index is 0.405. The largest absolute Gasteiger partial charge is 0.387 e. The van der Waals surface area contributed by atoms with E-state index in [2.05, 4.69) is 20.8 Å². The number of ether oxygens (including phenoxy) is 2. The molecular weight excluding hydrogens is 336 g/mol. The van der Waals surface area contributed by atoms with Gasteiger partial charge in [0.05, 0.1) is 18.3 Å². The van der Waals surface area contributed by atoms with Crippen molar-refractivity contribution < 1.29 is 14.6 Å². The summed E-state index contributed by atoms with van der Waals surface area (Å²) >= 11 is 0. The first-order chi connectivity index (χ1) is 12.9. The molecule has 0 spiro atoms. The summed E-state index contributed by atoms with van der Waals surface area (Å²) in [4.78, 5) is 0. The second-order valence-corrected chi connectivity index (χ2v) is 11.0. The first-order valence-electron chi connectivity index (χ1n) is 11.7. The lowest BCUT2D eigenvalue weighted by atomic mass is 9.44. The zero-order valence-corrected chi connectivity index (χ0v) is 18.1. The molecule has 0 saturated heterocycles. The third-order valence-corrected chi connectivity index (χ3v) is 9.74. The molecule has 27 heavy (non-hydrogen) atoms. The number of methoxy groups -OCH3 is 1. The lowest BCUT2D eigenvalue weighted by Crippen LogP contribution is -2.57. The predicted molar refractivity (Wildman–Crippen MR) is 109 cm³/mol. The monoisotopic (exact) mass is 378 g/mol. The van der Waals surface area contributed by atoms with E-state index < -0.39 is 5.60 Å². The molecule has 0 radical (unpaired) electrons. The van der Waals surface area contributed by atoms with Crippen LogP contribution in [0, 0.1) is 34.5 Å². The van der Waals surface area contributed by atoms with Gasteiger partial charge in [-0.15, -0.1) is 0 Å². The molecule has 1 N–H and O–H groups in total. The van der Waals surface area contributed by atoms with E-state index in [1.54, 1.807) is 0 Å². The predicted octanol–water partition coefficient (Wildman–Crippen LogP) is 5.20. The van der Waals surface area contributed by atoms with Crippen molar-refractivity contribution in [1.82, 2.24) is 0 Å². The van der Waals surface area contributed by atoms with Crippen molar-refractivity contribution in [1.29, 1.82) is 0 Å². The Morgan fingerprint density at radius 3 is 2.44 bits per heavy atom. The van der Waals surface area contributed by atoms with E-state index in [0.717, 1.165) is 43.6 Å². The van der Waals surface area contributed by atoms with Crippen molar-refractivity contribution in [3.8, 4) is 0 Å². The highest BCUT2D eigenvalue weighted by Crippen LogP contribution is 2.67. The van der Waals surface area contributed by atoms with E-state index in [9.17, 15) is 5.11 Å². The van der Waals surface area contributed by atoms with Crippen LogP contribution in [0.1, 0.15) is 85.0 Å². The summed E-state index contributed by atoms with van der Waals surface area (Å²) < 4.78 is 11.7. The van der Waals surface area contributed by atoms with Gasteiger partial charge in [0.15, 0.2) is 0 Å². The summed E-state index contributed by atoms with van der Waals surface area (Å²) in [6, 6.07) is 0. The molecule has 0 aromatic carbocycles. The molecule has 0 aromatic rings. The smallest absolute Gasteiger partial charge is 0.0883 e. The Hall–Kier alpha value is -0.120. The molecule has 3 nitrogen and oxygen atoms in total. The first kappa shape index (κ1) is 20.2. The second-order valence-electron chi connectivity index (χ2n) is 11.0. The topological polar surface area (TPSA) is 38.7 Å². The van der Waals surface area contributed by atoms with E-state index in [1.807, 2.05) is 7.11 Å². The molecule has 3 heteroatoms. The van der Waals surface area contributed by atoms with Gasteiger partial charge in [0.1, 0.15) is 0 Å². The Morgan fingerprint density at radius 1 is 0.926 bits per heavy atom. The molecule has 156 valence electrons. The summed E-state index contributed by atoms with van der Waals surface area (Å²) in [7, 11) is 1.92. The Balaban J connectivity index is 1.48. The highest BCUT2D eigenvalue weighted by molar-refractivity contribution is 5.11. The van der Waals surface area contributed by atoms with Crippen molar-refractivity contribution in [2.45, 2.75) is 96.7 Å². The first-order valence-corrected chi connectivity index (χ1v) is 11.7. The Labute approximate surface area is 166 Å². The molecule has 4 rings (SSSR count). The lowest BCUT2D eigenvalue weighted by molar-refractivity contribution is -0.169. The van der Waals surface area contributed by atoms with Crippen molar-refractivity contribution in [3.63, 3.8) is 0 Å². The fourth-order valence-corrected chi connectivity index (χ4v) is 8.20. The van der Waals surface area contributed by atoms with Gasteiger partial charge in [0, 0.05) is 13.7 Å². The highest BCUT2D eigenvalue weighted by atomic mass is 16.5. The second kappa shape index (κ2) is 7.29. The maximum atomic E-state index is 11.2. The molecule has 0 aliphatic heterocycles. The van der Waals surface area contributed by atoms with Crippen LogP contribution in [0.25, 0.3) is 0 Å². The Bertz CT molecular complexity index is 536. The maximum Gasteiger partial charge on any atom is 0.0883 e. The standard InChI is InChI=1S/C24H42O3/c1-5-14-27-16-24(25)13-12-22(2)17(15-24)6-7-18-19-8-9-21(26-4)23(19,3)11-10-20(18)22/h17-21,25H,5-16H2,1-4H3/t17?,18-,19-,20+,21?,22-,23-,24?/m0/s1. The van der Waals surface area contributed by atoms with Crippen molar-refractivity contribution in [2.24, 2.45) is 34.5 Å². The number of hydrogen-bond donors (Lipinski definition) is 1. The molecule has 0 bridgehead atoms. The SMILES string of the molecule is CCCOCC1(O)CC[C@@]2(C)C(CC[C@@H]3[C@H]2CC[C@]2(C)C(OC)CC[C@@H]32)C1. The molecule has 0 amide bonds. The number of aliphatic hydroxyl groups is 1. The molecule has 4 aliphatic carbocycles. The van der Waals surface area contributed by atoms with Gasteiger partial charge in [-0.25, -0.2) is 0 Å². The fraction of sp³-hybridized carbons (Fsp3) is 1.00. The van der Waals surface area contributed by atoms with Gasteiger partial charge in [-0.05, 0) is 98.7 Å². The van der Waals surface area contributed by atoms with Crippen LogP contribution in [0.3, 0.4) is 0 Å². The zero-order valence-electron chi connectivity index (χ0n) is 18.1. The van der Waals surface area contributed by atoms with E-state index in [-0.39, 0.29) is 0 Å². The average molecular weight is 379 g/mol. The molecule has 3 unspecified atom stereocenters. The minimum Gasteiger partial charge on any atom is -0.387 e. The van der Waals surface area contributed by atoms with Gasteiger partial charge in [-0.2, -0.15) is 0 Å². The van der Waals surface area contributed by atoms with Gasteiger partial charge in [0.2, 0.25) is 0 Å². The highest BCUT2D eigenvalue weighted by Gasteiger charge is 2.61. The van der Waals surface area contributed by atoms with Gasteiger partial charge in [0.25, 0.3) is 0 Å². The normalized spacial score (nSPS) is 52.1. The van der Waals surface area contributed by atoms with Crippen molar-refractivity contribution >= 4 is 0 Å². The Kier molecular flexibility index (Phi) is 5.44. The van der Waals surface area contributed by atoms with Crippen LogP contribution < -0.4 is 0 Å². The quantitative estimate of drug-likeness (QED) is 0.668. The van der Waals surface area contributed by atoms with E-state index in [4.69, 9.17) is 9.47 Å². The van der Waals surface area contributed by atoms with Gasteiger partial charge >= 0.3 is 0 Å². The molecule has 4 saturated carbocycles. The third kappa shape index (κ3) is 3.20. The van der Waals surface area contributed by atoms with Crippen LogP contribution >= 0.6 is 0 Å². The maximum absolute atomic E-state index is 11.2. The molecule has 0 aromatic heterocycles. The molecule has 0 heterocycles. The average Bonchev–Trinajstić information content (AvgIpc) is 2.99. The third-order valence-electron chi connectivity index (χ3n) is 9.74. The van der Waals surface area contributed by atoms with Crippen LogP contribution in [-0.2, 0) is 9.47 Å². The number of fused-ring (bicyclic) bond motifs is 5. The number of rotatable bonds is 5. The van der Waals surface area contributed by atoms with Gasteiger partial charge in [-0.3, -0.25) is 0 Å². The van der Waals surface area contributed by atoms with Crippen LogP contribution in [-0.4, -0.2) is 37.1 Å². The summed E-state index contributed by atoms with van der Waals surface area (Å²) in [6.07, 6.45) is 12.6. The summed E-state index contributed by atoms with van der Waals surface area (Å²) in [5.74, 6) is 3.26. The lowest BCUT2D eigenvalue weighted by Gasteiger charge is -2.62. The van der Waals surface area contributed by atoms with Crippen LogP contribution in [0.5, 0.6) is 0 Å². The Morgan fingerprint density at radius 2 is 1.70 bits per heavy atom. The molecule has 4 fully saturated rings. The molecule has 4 aliphatic rings. The minimum atomic E-state index is -0.579. The van der Waals surface area contributed by atoms with E-state index in [0.29, 0.717) is 29.5 Å². The van der Waals surface area contributed by atoms with Crippen LogP contribution in [0.4, 0.5) is 0 Å². The number of hydrogen-bond acceptors (Lipinski definition) is 3. The van der Waals surface area contributed by atoms with Crippen molar-refractivity contribution in [3.05, 3.63) is 0 Å². The van der Waals surface area contributed by atoms with Crippen molar-refractivity contribution in [2.75, 3.05) is 20.3 Å². The zero-order chi connectivity index (χ0) is 19.3. The summed E-state index contributed by atoms with van der Waals surface area (Å²) in [5.41, 5.74) is 0.249. The molecular formula is C24H42O3. The van der Waals surface area contributed by atoms with Crippen LogP contribution in [0.15, 0.2) is 0 Å². The van der Waals surface area contributed by atoms with Gasteiger partial charge in [-0.1, -0.05) is 20.8 Å².